The number of carbonyl (C=O) groups is 1. The molecule has 0 N–H and O–H groups in total. The Kier molecular flexibility index (Phi) is 2.32. The molecule has 1 unspecified atom stereocenters. The van der Waals surface area contributed by atoms with Gasteiger partial charge in [-0.1, -0.05) is 6.92 Å². The van der Waals surface area contributed by atoms with Gasteiger partial charge in [0.05, 0.1) is 0 Å². The fourth-order valence-corrected chi connectivity index (χ4v) is 3.16. The molecule has 0 bridgehead atoms. The van der Waals surface area contributed by atoms with Crippen molar-refractivity contribution in [3.05, 3.63) is 17.7 Å². The molecule has 0 aliphatic carbocycles. The Balaban J connectivity index is 2.09. The van der Waals surface area contributed by atoms with Crippen LogP contribution in [0.2, 0.25) is 0 Å². The molecule has 0 saturated heterocycles. The van der Waals surface area contributed by atoms with E-state index in [1.54, 1.807) is 11.8 Å². The lowest BCUT2D eigenvalue weighted by molar-refractivity contribution is 0.0976. The van der Waals surface area contributed by atoms with Gasteiger partial charge in [-0.25, -0.2) is 0 Å². The number of ether oxygens (including phenoxy) is 2. The first kappa shape index (κ1) is 10.0. The van der Waals surface area contributed by atoms with Crippen molar-refractivity contribution in [2.75, 3.05) is 13.2 Å². The Morgan fingerprint density at radius 1 is 1.25 bits per heavy atom. The van der Waals surface area contributed by atoms with Crippen LogP contribution in [0, 0.1) is 0 Å². The molecule has 0 fully saturated rings. The number of rotatable bonds is 0. The van der Waals surface area contributed by atoms with Gasteiger partial charge >= 0.3 is 0 Å². The summed E-state index contributed by atoms with van der Waals surface area (Å²) in [6, 6.07) is 3.76. The number of Topliss-reactive ketones (excluding diaryl/α,β-unsaturated/α-hetero) is 1. The van der Waals surface area contributed by atoms with Crippen molar-refractivity contribution in [3.8, 4) is 11.5 Å². The Hall–Kier alpha value is -1.16. The van der Waals surface area contributed by atoms with Crippen LogP contribution in [0.5, 0.6) is 11.5 Å². The van der Waals surface area contributed by atoms with Gasteiger partial charge in [0, 0.05) is 22.1 Å². The van der Waals surface area contributed by atoms with Crippen molar-refractivity contribution < 1.29 is 14.3 Å². The third kappa shape index (κ3) is 1.57. The summed E-state index contributed by atoms with van der Waals surface area (Å²) in [6.45, 7) is 3.21. The van der Waals surface area contributed by atoms with E-state index < -0.39 is 0 Å². The molecule has 2 aliphatic rings. The molecule has 0 radical (unpaired) electrons. The van der Waals surface area contributed by atoms with E-state index in [0.717, 1.165) is 16.2 Å². The lowest BCUT2D eigenvalue weighted by atomic mass is 10.1. The molecule has 3 nitrogen and oxygen atoms in total. The van der Waals surface area contributed by atoms with Crippen molar-refractivity contribution >= 4 is 17.5 Å². The molecule has 4 heteroatoms. The smallest absolute Gasteiger partial charge is 0.165 e. The second kappa shape index (κ2) is 3.70. The minimum atomic E-state index is 0.207. The van der Waals surface area contributed by atoms with Crippen LogP contribution in [0.1, 0.15) is 23.7 Å². The third-order valence-corrected chi connectivity index (χ3v) is 3.91. The summed E-state index contributed by atoms with van der Waals surface area (Å²) in [6.07, 6.45) is 0.608. The van der Waals surface area contributed by atoms with E-state index in [0.29, 0.717) is 30.6 Å². The quantitative estimate of drug-likeness (QED) is 0.693. The van der Waals surface area contributed by atoms with E-state index in [9.17, 15) is 4.79 Å². The summed E-state index contributed by atoms with van der Waals surface area (Å²) in [7, 11) is 0. The fraction of sp³-hybridized carbons (Fsp3) is 0.417. The first-order chi connectivity index (χ1) is 7.74. The average Bonchev–Trinajstić information content (AvgIpc) is 2.27. The zero-order chi connectivity index (χ0) is 11.1. The summed E-state index contributed by atoms with van der Waals surface area (Å²) < 4.78 is 11.0. The van der Waals surface area contributed by atoms with Gasteiger partial charge < -0.3 is 9.47 Å². The number of ketones is 1. The zero-order valence-corrected chi connectivity index (χ0v) is 9.80. The molecule has 0 saturated carbocycles. The van der Waals surface area contributed by atoms with E-state index in [1.807, 2.05) is 12.1 Å². The minimum Gasteiger partial charge on any atom is -0.486 e. The normalized spacial score (nSPS) is 22.8. The Morgan fingerprint density at radius 3 is 2.69 bits per heavy atom. The number of benzene rings is 1. The van der Waals surface area contributed by atoms with Gasteiger partial charge in [0.2, 0.25) is 0 Å². The monoisotopic (exact) mass is 236 g/mol. The molecule has 1 aromatic carbocycles. The van der Waals surface area contributed by atoms with Crippen LogP contribution in [0.15, 0.2) is 17.0 Å². The van der Waals surface area contributed by atoms with Gasteiger partial charge in [0.25, 0.3) is 0 Å². The number of hydrogen-bond donors (Lipinski definition) is 0. The van der Waals surface area contributed by atoms with Crippen molar-refractivity contribution in [1.29, 1.82) is 0 Å². The standard InChI is InChI=1S/C12H12O3S/c1-7-4-9(13)8-5-10-11(6-12(8)16-7)15-3-2-14-10/h5-7H,2-4H2,1H3. The van der Waals surface area contributed by atoms with Crippen LogP contribution in [0.3, 0.4) is 0 Å². The van der Waals surface area contributed by atoms with Crippen LogP contribution in [-0.2, 0) is 0 Å². The molecule has 2 heterocycles. The van der Waals surface area contributed by atoms with Gasteiger partial charge in [-0.15, -0.1) is 11.8 Å². The van der Waals surface area contributed by atoms with Gasteiger partial charge in [-0.05, 0) is 12.1 Å². The molecule has 1 atom stereocenters. The second-order valence-electron chi connectivity index (χ2n) is 4.05. The van der Waals surface area contributed by atoms with Crippen LogP contribution in [-0.4, -0.2) is 24.2 Å². The maximum absolute atomic E-state index is 11.9. The van der Waals surface area contributed by atoms with Crippen molar-refractivity contribution in [1.82, 2.24) is 0 Å². The Bertz CT molecular complexity index is 456. The summed E-state index contributed by atoms with van der Waals surface area (Å²) in [5, 5.41) is 0.350. The van der Waals surface area contributed by atoms with E-state index in [1.165, 1.54) is 0 Å². The number of thioether (sulfide) groups is 1. The first-order valence-electron chi connectivity index (χ1n) is 5.37. The highest BCUT2D eigenvalue weighted by atomic mass is 32.2. The maximum atomic E-state index is 11.9. The highest BCUT2D eigenvalue weighted by molar-refractivity contribution is 8.00. The van der Waals surface area contributed by atoms with Crippen molar-refractivity contribution in [2.24, 2.45) is 0 Å². The molecular formula is C12H12O3S. The fourth-order valence-electron chi connectivity index (χ4n) is 2.02. The molecule has 3 rings (SSSR count). The van der Waals surface area contributed by atoms with E-state index in [-0.39, 0.29) is 5.78 Å². The number of carbonyl (C=O) groups excluding carboxylic acids is 1. The Labute approximate surface area is 98.1 Å². The zero-order valence-electron chi connectivity index (χ0n) is 8.99. The molecule has 16 heavy (non-hydrogen) atoms. The highest BCUT2D eigenvalue weighted by Crippen LogP contribution is 2.42. The van der Waals surface area contributed by atoms with Gasteiger partial charge in [-0.3, -0.25) is 4.79 Å². The van der Waals surface area contributed by atoms with Gasteiger partial charge in [0.1, 0.15) is 13.2 Å². The van der Waals surface area contributed by atoms with Crippen LogP contribution < -0.4 is 9.47 Å². The van der Waals surface area contributed by atoms with E-state index >= 15 is 0 Å². The predicted molar refractivity (Wildman–Crippen MR) is 61.7 cm³/mol. The van der Waals surface area contributed by atoms with Crippen LogP contribution >= 0.6 is 11.8 Å². The summed E-state index contributed by atoms with van der Waals surface area (Å²) in [4.78, 5) is 12.9. The highest BCUT2D eigenvalue weighted by Gasteiger charge is 2.26. The lowest BCUT2D eigenvalue weighted by Crippen LogP contribution is -2.19. The predicted octanol–water partition coefficient (Wildman–Crippen LogP) is 2.52. The lowest BCUT2D eigenvalue weighted by Gasteiger charge is -2.24. The molecule has 84 valence electrons. The molecule has 2 aliphatic heterocycles. The third-order valence-electron chi connectivity index (χ3n) is 2.75. The molecule has 0 spiro atoms. The first-order valence-corrected chi connectivity index (χ1v) is 6.25. The number of hydrogen-bond acceptors (Lipinski definition) is 4. The SMILES string of the molecule is CC1CC(=O)c2cc3c(cc2S1)OCCO3. The molecule has 1 aromatic rings. The second-order valence-corrected chi connectivity index (χ2v) is 5.53. The van der Waals surface area contributed by atoms with Crippen molar-refractivity contribution in [3.63, 3.8) is 0 Å². The van der Waals surface area contributed by atoms with E-state index in [2.05, 4.69) is 6.92 Å². The van der Waals surface area contributed by atoms with Crippen LogP contribution in [0.25, 0.3) is 0 Å². The maximum Gasteiger partial charge on any atom is 0.165 e. The summed E-state index contributed by atoms with van der Waals surface area (Å²) >= 11 is 1.73. The average molecular weight is 236 g/mol. The summed E-state index contributed by atoms with van der Waals surface area (Å²) in [5.41, 5.74) is 0.785. The van der Waals surface area contributed by atoms with Crippen molar-refractivity contribution in [2.45, 2.75) is 23.5 Å². The topological polar surface area (TPSA) is 35.5 Å². The largest absolute Gasteiger partial charge is 0.486 e. The van der Waals surface area contributed by atoms with Crippen LogP contribution in [0.4, 0.5) is 0 Å². The molecule has 0 amide bonds. The van der Waals surface area contributed by atoms with Gasteiger partial charge in [-0.2, -0.15) is 0 Å². The molecule has 0 aromatic heterocycles. The molecular weight excluding hydrogens is 224 g/mol. The van der Waals surface area contributed by atoms with Gasteiger partial charge in [0.15, 0.2) is 17.3 Å². The number of fused-ring (bicyclic) bond motifs is 2. The minimum absolute atomic E-state index is 0.207. The summed E-state index contributed by atoms with van der Waals surface area (Å²) in [5.74, 6) is 1.67. The Morgan fingerprint density at radius 2 is 1.94 bits per heavy atom. The van der Waals surface area contributed by atoms with E-state index in [4.69, 9.17) is 9.47 Å².